The second-order valence-electron chi connectivity index (χ2n) is 13.2. The summed E-state index contributed by atoms with van der Waals surface area (Å²) in [6.45, 7) is 4.23. The van der Waals surface area contributed by atoms with Crippen LogP contribution in [0.15, 0.2) is 57.9 Å². The summed E-state index contributed by atoms with van der Waals surface area (Å²) in [7, 11) is 1.48. The Hall–Kier alpha value is -3.04. The van der Waals surface area contributed by atoms with Crippen molar-refractivity contribution in [2.75, 3.05) is 40.3 Å². The highest BCUT2D eigenvalue weighted by molar-refractivity contribution is 9.10. The molecule has 56 heavy (non-hydrogen) atoms. The van der Waals surface area contributed by atoms with Crippen LogP contribution < -0.4 is 19.9 Å². The molecular formula is C39H51Br2F4N4O6P. The number of ether oxygens (including phenoxy) is 3. The van der Waals surface area contributed by atoms with Crippen LogP contribution in [-0.4, -0.2) is 61.3 Å². The maximum absolute atomic E-state index is 13.1. The lowest BCUT2D eigenvalue weighted by atomic mass is 9.86. The minimum atomic E-state index is -3.14. The van der Waals surface area contributed by atoms with Crippen molar-refractivity contribution in [1.82, 2.24) is 15.0 Å². The van der Waals surface area contributed by atoms with Gasteiger partial charge in [-0.2, -0.15) is 0 Å². The summed E-state index contributed by atoms with van der Waals surface area (Å²) in [6.07, 6.45) is 14.7. The second kappa shape index (κ2) is 22.8. The molecule has 0 bridgehead atoms. The maximum Gasteiger partial charge on any atom is 0.335 e. The van der Waals surface area contributed by atoms with Crippen LogP contribution in [0.4, 0.5) is 23.2 Å². The van der Waals surface area contributed by atoms with Gasteiger partial charge in [0, 0.05) is 63.7 Å². The van der Waals surface area contributed by atoms with Crippen molar-refractivity contribution in [3.8, 4) is 17.6 Å². The Kier molecular flexibility index (Phi) is 19.3. The van der Waals surface area contributed by atoms with E-state index in [9.17, 15) is 22.1 Å². The van der Waals surface area contributed by atoms with Gasteiger partial charge >= 0.3 is 7.60 Å². The molecule has 2 saturated carbocycles. The number of pyridine rings is 3. The van der Waals surface area contributed by atoms with Crippen LogP contribution in [0.5, 0.6) is 17.6 Å². The van der Waals surface area contributed by atoms with Crippen molar-refractivity contribution >= 4 is 57.3 Å². The Balaban J connectivity index is 0.000000225. The molecule has 0 unspecified atom stereocenters. The summed E-state index contributed by atoms with van der Waals surface area (Å²) >= 11 is 6.68. The van der Waals surface area contributed by atoms with E-state index in [-0.39, 0.29) is 43.7 Å². The first-order valence-corrected chi connectivity index (χ1v) is 21.5. The first-order chi connectivity index (χ1) is 26.5. The van der Waals surface area contributed by atoms with E-state index in [1.807, 2.05) is 30.4 Å². The van der Waals surface area contributed by atoms with Crippen LogP contribution in [0.3, 0.4) is 0 Å². The molecule has 0 radical (unpaired) electrons. The van der Waals surface area contributed by atoms with Crippen LogP contribution >= 0.6 is 39.5 Å². The summed E-state index contributed by atoms with van der Waals surface area (Å²) in [5, 5.41) is 0. The van der Waals surface area contributed by atoms with Gasteiger partial charge in [0.05, 0.1) is 52.6 Å². The summed E-state index contributed by atoms with van der Waals surface area (Å²) in [4.78, 5) is 12.3. The van der Waals surface area contributed by atoms with Gasteiger partial charge < -0.3 is 29.0 Å². The molecule has 2 N–H and O–H groups in total. The number of anilines is 1. The number of alkyl halides is 4. The van der Waals surface area contributed by atoms with Gasteiger partial charge in [-0.05, 0) is 101 Å². The monoisotopic (exact) mass is 936 g/mol. The minimum absolute atomic E-state index is 0.0180. The molecule has 0 amide bonds. The van der Waals surface area contributed by atoms with Gasteiger partial charge in [0.15, 0.2) is 0 Å². The van der Waals surface area contributed by atoms with Crippen LogP contribution in [0.25, 0.3) is 12.2 Å². The molecule has 3 heterocycles. The van der Waals surface area contributed by atoms with E-state index in [0.717, 1.165) is 20.1 Å². The van der Waals surface area contributed by atoms with Crippen LogP contribution in [0, 0.1) is 11.8 Å². The fraction of sp³-hybridized carbons (Fsp3) is 0.513. The number of aromatic nitrogens is 3. The maximum atomic E-state index is 13.1. The van der Waals surface area contributed by atoms with Crippen LogP contribution in [0.1, 0.15) is 81.9 Å². The Morgan fingerprint density at radius 2 is 1.12 bits per heavy atom. The number of nitrogens with two attached hydrogens (primary N) is 1. The molecule has 0 aliphatic heterocycles. The van der Waals surface area contributed by atoms with Crippen molar-refractivity contribution < 1.29 is 45.4 Å². The highest BCUT2D eigenvalue weighted by atomic mass is 79.9. The number of rotatable bonds is 13. The number of methoxy groups -OCH3 is 3. The summed E-state index contributed by atoms with van der Waals surface area (Å²) in [5.41, 5.74) is 8.55. The molecule has 0 aromatic carbocycles. The van der Waals surface area contributed by atoms with Gasteiger partial charge in [-0.25, -0.2) is 32.5 Å². The Bertz CT molecular complexity index is 1690. The number of hydrogen-bond acceptors (Lipinski definition) is 10. The fourth-order valence-electron chi connectivity index (χ4n) is 5.99. The zero-order valence-corrected chi connectivity index (χ0v) is 36.4. The number of allylic oxidation sites excluding steroid dienone is 2. The predicted octanol–water partition coefficient (Wildman–Crippen LogP) is 11.8. The molecule has 2 aliphatic carbocycles. The lowest BCUT2D eigenvalue weighted by molar-refractivity contribution is -0.0416. The lowest BCUT2D eigenvalue weighted by Crippen LogP contribution is -2.23. The van der Waals surface area contributed by atoms with Crippen LogP contribution in [0.2, 0.25) is 0 Å². The summed E-state index contributed by atoms with van der Waals surface area (Å²) in [5.74, 6) is -3.10. The molecule has 10 nitrogen and oxygen atoms in total. The Morgan fingerprint density at radius 1 is 0.714 bits per heavy atom. The van der Waals surface area contributed by atoms with Gasteiger partial charge in [-0.1, -0.05) is 24.3 Å². The molecular weight excluding hydrogens is 887 g/mol. The number of halogens is 6. The topological polar surface area (TPSA) is 128 Å². The Morgan fingerprint density at radius 3 is 1.57 bits per heavy atom. The molecule has 0 saturated heterocycles. The molecule has 2 fully saturated rings. The molecule has 5 rings (SSSR count). The SMILES string of the molecule is CCOP(=O)(Cc1cc(Br)cnc1OC)OCC.COc1ncc(Br)cc1/C=C/C1CCC(F)(F)CC1.COc1ncc(N)cc1/C=C/C1CCC(F)(F)CC1. The van der Waals surface area contributed by atoms with E-state index in [1.165, 1.54) is 20.4 Å². The zero-order chi connectivity index (χ0) is 41.4. The van der Waals surface area contributed by atoms with E-state index in [2.05, 4.69) is 46.8 Å². The molecule has 2 aliphatic rings. The smallest absolute Gasteiger partial charge is 0.335 e. The molecule has 3 aromatic heterocycles. The fourth-order valence-corrected chi connectivity index (χ4v) is 8.41. The average Bonchev–Trinajstić information content (AvgIpc) is 3.15. The first-order valence-electron chi connectivity index (χ1n) is 18.2. The summed E-state index contributed by atoms with van der Waals surface area (Å²) in [6, 6.07) is 5.47. The van der Waals surface area contributed by atoms with Gasteiger partial charge in [-0.15, -0.1) is 0 Å². The van der Waals surface area contributed by atoms with E-state index in [4.69, 9.17) is 29.0 Å². The van der Waals surface area contributed by atoms with E-state index in [0.29, 0.717) is 67.8 Å². The van der Waals surface area contributed by atoms with Crippen molar-refractivity contribution in [2.45, 2.75) is 83.2 Å². The molecule has 0 spiro atoms. The molecule has 3 aromatic rings. The van der Waals surface area contributed by atoms with Crippen molar-refractivity contribution in [1.29, 1.82) is 0 Å². The zero-order valence-electron chi connectivity index (χ0n) is 32.3. The van der Waals surface area contributed by atoms with E-state index >= 15 is 0 Å². The average molecular weight is 939 g/mol. The largest absolute Gasteiger partial charge is 0.481 e. The Labute approximate surface area is 343 Å². The normalized spacial score (nSPS) is 17.1. The molecule has 17 heteroatoms. The summed E-state index contributed by atoms with van der Waals surface area (Å²) < 4.78 is 92.2. The molecule has 0 atom stereocenters. The molecule has 310 valence electrons. The third kappa shape index (κ3) is 16.1. The third-order valence-electron chi connectivity index (χ3n) is 8.85. The highest BCUT2D eigenvalue weighted by Crippen LogP contribution is 2.52. The minimum Gasteiger partial charge on any atom is -0.481 e. The van der Waals surface area contributed by atoms with E-state index in [1.54, 1.807) is 45.5 Å². The lowest BCUT2D eigenvalue weighted by Gasteiger charge is -2.26. The van der Waals surface area contributed by atoms with Crippen molar-refractivity contribution in [3.05, 3.63) is 74.6 Å². The van der Waals surface area contributed by atoms with E-state index < -0.39 is 19.4 Å². The van der Waals surface area contributed by atoms with Gasteiger partial charge in [0.2, 0.25) is 29.5 Å². The quantitative estimate of drug-likeness (QED) is 0.131. The standard InChI is InChI=1S/C14H16BrF2NO.C14H18F2N2O.C11H17BrNO4P/c1-19-13-11(8-12(15)9-18-13)3-2-10-4-6-14(16,17)7-5-10;1-19-13-11(8-12(17)9-18-13)3-2-10-4-6-14(15,16)7-5-10;1-4-16-18(14,17-5-2)8-9-6-10(12)7-13-11(9)15-3/h2-3,8-10H,4-7H2,1H3;2-3,8-10H,4-7,17H2,1H3;6-7H,4-5,8H2,1-3H3/b2*3-2+;. The van der Waals surface area contributed by atoms with Crippen molar-refractivity contribution in [3.63, 3.8) is 0 Å². The number of nitrogen functional groups attached to an aromatic ring is 1. The highest BCUT2D eigenvalue weighted by Gasteiger charge is 2.35. The first kappa shape index (κ1) is 47.3. The third-order valence-corrected chi connectivity index (χ3v) is 11.8. The van der Waals surface area contributed by atoms with Gasteiger partial charge in [0.25, 0.3) is 0 Å². The second-order valence-corrected chi connectivity index (χ2v) is 17.0. The van der Waals surface area contributed by atoms with Gasteiger partial charge in [-0.3, -0.25) is 4.57 Å². The number of hydrogen-bond donors (Lipinski definition) is 1. The van der Waals surface area contributed by atoms with Crippen LogP contribution in [-0.2, 0) is 19.8 Å². The van der Waals surface area contributed by atoms with Gasteiger partial charge in [0.1, 0.15) is 0 Å². The number of nitrogens with zero attached hydrogens (tertiary/aromatic N) is 3. The van der Waals surface area contributed by atoms with Crippen molar-refractivity contribution in [2.24, 2.45) is 11.8 Å². The predicted molar refractivity (Wildman–Crippen MR) is 219 cm³/mol.